The molecule has 1 saturated heterocycles. The first kappa shape index (κ1) is 21.4. The molecule has 2 rings (SSSR count). The lowest BCUT2D eigenvalue weighted by molar-refractivity contribution is -0.227. The Morgan fingerprint density at radius 3 is 2.56 bits per heavy atom. The number of esters is 2. The second-order valence-electron chi connectivity index (χ2n) is 7.62. The number of ether oxygens (including phenoxy) is 4. The van der Waals surface area contributed by atoms with Crippen LogP contribution in [0.4, 0.5) is 0 Å². The van der Waals surface area contributed by atoms with E-state index in [-0.39, 0.29) is 30.8 Å². The van der Waals surface area contributed by atoms with Crippen LogP contribution in [0.1, 0.15) is 56.5 Å². The first-order valence-electron chi connectivity index (χ1n) is 9.47. The number of aryl methyl sites for hydroxylation is 1. The van der Waals surface area contributed by atoms with Crippen LogP contribution in [-0.2, 0) is 23.7 Å². The van der Waals surface area contributed by atoms with Crippen molar-refractivity contribution >= 4 is 11.9 Å². The Kier molecular flexibility index (Phi) is 7.39. The van der Waals surface area contributed by atoms with Crippen LogP contribution in [0.15, 0.2) is 24.3 Å². The van der Waals surface area contributed by atoms with Crippen LogP contribution in [-0.4, -0.2) is 37.2 Å². The fourth-order valence-electron chi connectivity index (χ4n) is 2.87. The Bertz CT molecular complexity index is 654. The molecule has 0 aromatic heterocycles. The molecule has 1 aliphatic heterocycles. The van der Waals surface area contributed by atoms with Gasteiger partial charge in [-0.15, -0.1) is 0 Å². The topological polar surface area (TPSA) is 71.1 Å². The summed E-state index contributed by atoms with van der Waals surface area (Å²) in [5.41, 5.74) is 1.34. The number of carbonyl (C=O) groups excluding carboxylic acids is 2. The predicted octanol–water partition coefficient (Wildman–Crippen LogP) is 3.86. The zero-order chi connectivity index (χ0) is 20.0. The molecule has 0 spiro atoms. The normalized spacial score (nSPS) is 22.3. The van der Waals surface area contributed by atoms with Gasteiger partial charge in [-0.1, -0.05) is 45.9 Å². The molecule has 150 valence electrons. The molecule has 0 bridgehead atoms. The standard InChI is InChI=1S/C21H30O6/c1-14(2)12-24-18(22)10-11-21(15(3)4)25-13-19(27-21)26-20(23)17-9-7-6-8-16(17)5/h6-9,14-15,19H,10-13H2,1-5H3. The lowest BCUT2D eigenvalue weighted by Gasteiger charge is -2.31. The van der Waals surface area contributed by atoms with Gasteiger partial charge in [0.15, 0.2) is 5.79 Å². The second-order valence-corrected chi connectivity index (χ2v) is 7.62. The molecule has 27 heavy (non-hydrogen) atoms. The molecule has 0 aliphatic carbocycles. The van der Waals surface area contributed by atoms with Gasteiger partial charge in [0.2, 0.25) is 6.29 Å². The van der Waals surface area contributed by atoms with Crippen molar-refractivity contribution in [3.05, 3.63) is 35.4 Å². The zero-order valence-corrected chi connectivity index (χ0v) is 16.8. The van der Waals surface area contributed by atoms with E-state index in [0.717, 1.165) is 5.56 Å². The Balaban J connectivity index is 1.93. The summed E-state index contributed by atoms with van der Waals surface area (Å²) >= 11 is 0. The quantitative estimate of drug-likeness (QED) is 0.640. The van der Waals surface area contributed by atoms with Gasteiger partial charge in [0.05, 0.1) is 18.6 Å². The Hall–Kier alpha value is -1.92. The summed E-state index contributed by atoms with van der Waals surface area (Å²) in [7, 11) is 0. The molecule has 1 fully saturated rings. The predicted molar refractivity (Wildman–Crippen MR) is 100 cm³/mol. The van der Waals surface area contributed by atoms with Gasteiger partial charge >= 0.3 is 11.9 Å². The van der Waals surface area contributed by atoms with Crippen molar-refractivity contribution in [1.82, 2.24) is 0 Å². The van der Waals surface area contributed by atoms with Crippen molar-refractivity contribution in [1.29, 1.82) is 0 Å². The van der Waals surface area contributed by atoms with Crippen LogP contribution in [0.5, 0.6) is 0 Å². The zero-order valence-electron chi connectivity index (χ0n) is 16.8. The molecule has 6 nitrogen and oxygen atoms in total. The Labute approximate surface area is 161 Å². The maximum absolute atomic E-state index is 12.4. The third kappa shape index (κ3) is 5.78. The summed E-state index contributed by atoms with van der Waals surface area (Å²) in [6, 6.07) is 7.22. The fraction of sp³-hybridized carbons (Fsp3) is 0.619. The van der Waals surface area contributed by atoms with Crippen molar-refractivity contribution < 1.29 is 28.5 Å². The highest BCUT2D eigenvalue weighted by Gasteiger charge is 2.46. The van der Waals surface area contributed by atoms with E-state index in [1.54, 1.807) is 12.1 Å². The third-order valence-corrected chi connectivity index (χ3v) is 4.53. The Morgan fingerprint density at radius 2 is 1.93 bits per heavy atom. The maximum atomic E-state index is 12.4. The maximum Gasteiger partial charge on any atom is 0.340 e. The van der Waals surface area contributed by atoms with Crippen molar-refractivity contribution in [2.45, 2.75) is 59.5 Å². The molecule has 0 amide bonds. The molecule has 1 aromatic rings. The molecule has 0 N–H and O–H groups in total. The van der Waals surface area contributed by atoms with Crippen LogP contribution >= 0.6 is 0 Å². The molecule has 2 unspecified atom stereocenters. The van der Waals surface area contributed by atoms with Crippen LogP contribution < -0.4 is 0 Å². The minimum absolute atomic E-state index is 0.0161. The van der Waals surface area contributed by atoms with Crippen LogP contribution in [0.2, 0.25) is 0 Å². The number of benzene rings is 1. The lowest BCUT2D eigenvalue weighted by Crippen LogP contribution is -2.38. The van der Waals surface area contributed by atoms with Gasteiger partial charge in [0, 0.05) is 12.3 Å². The van der Waals surface area contributed by atoms with E-state index >= 15 is 0 Å². The molecular weight excluding hydrogens is 348 g/mol. The summed E-state index contributed by atoms with van der Waals surface area (Å²) in [6.45, 7) is 10.3. The largest absolute Gasteiger partial charge is 0.465 e. The van der Waals surface area contributed by atoms with Gasteiger partial charge in [-0.05, 0) is 24.5 Å². The number of hydrogen-bond acceptors (Lipinski definition) is 6. The highest BCUT2D eigenvalue weighted by Crippen LogP contribution is 2.36. The van der Waals surface area contributed by atoms with Gasteiger partial charge in [-0.3, -0.25) is 4.79 Å². The second kappa shape index (κ2) is 9.33. The molecule has 1 aromatic carbocycles. The third-order valence-electron chi connectivity index (χ3n) is 4.53. The fourth-order valence-corrected chi connectivity index (χ4v) is 2.87. The van der Waals surface area contributed by atoms with Gasteiger partial charge in [-0.2, -0.15) is 0 Å². The van der Waals surface area contributed by atoms with Crippen LogP contribution in [0.3, 0.4) is 0 Å². The van der Waals surface area contributed by atoms with E-state index in [0.29, 0.717) is 18.6 Å². The van der Waals surface area contributed by atoms with Crippen LogP contribution in [0.25, 0.3) is 0 Å². The van der Waals surface area contributed by atoms with Crippen molar-refractivity contribution in [3.63, 3.8) is 0 Å². The smallest absolute Gasteiger partial charge is 0.340 e. The molecule has 1 heterocycles. The summed E-state index contributed by atoms with van der Waals surface area (Å²) in [6.07, 6.45) is -0.269. The summed E-state index contributed by atoms with van der Waals surface area (Å²) < 4.78 is 22.5. The van der Waals surface area contributed by atoms with E-state index in [4.69, 9.17) is 18.9 Å². The van der Waals surface area contributed by atoms with E-state index in [9.17, 15) is 9.59 Å². The highest BCUT2D eigenvalue weighted by atomic mass is 16.8. The minimum atomic E-state index is -0.965. The lowest BCUT2D eigenvalue weighted by atomic mass is 9.98. The van der Waals surface area contributed by atoms with Gasteiger partial charge < -0.3 is 18.9 Å². The van der Waals surface area contributed by atoms with Crippen molar-refractivity contribution in [3.8, 4) is 0 Å². The molecule has 0 radical (unpaired) electrons. The molecule has 1 aliphatic rings. The SMILES string of the molecule is Cc1ccccc1C(=O)OC1COC(CCC(=O)OCC(C)C)(C(C)C)O1. The van der Waals surface area contributed by atoms with Gasteiger partial charge in [0.1, 0.15) is 6.61 Å². The number of carbonyl (C=O) groups is 2. The van der Waals surface area contributed by atoms with E-state index in [1.165, 1.54) is 0 Å². The average Bonchev–Trinajstić information content (AvgIpc) is 3.03. The van der Waals surface area contributed by atoms with E-state index in [2.05, 4.69) is 0 Å². The molecule has 2 atom stereocenters. The summed E-state index contributed by atoms with van der Waals surface area (Å²) in [4.78, 5) is 24.3. The monoisotopic (exact) mass is 378 g/mol. The summed E-state index contributed by atoms with van der Waals surface area (Å²) in [5, 5.41) is 0. The van der Waals surface area contributed by atoms with Crippen LogP contribution in [0, 0.1) is 18.8 Å². The summed E-state index contributed by atoms with van der Waals surface area (Å²) in [5.74, 6) is -1.42. The number of rotatable bonds is 8. The molecular formula is C21H30O6. The van der Waals surface area contributed by atoms with Crippen molar-refractivity contribution in [2.75, 3.05) is 13.2 Å². The minimum Gasteiger partial charge on any atom is -0.465 e. The van der Waals surface area contributed by atoms with Gasteiger partial charge in [-0.25, -0.2) is 4.79 Å². The number of hydrogen-bond donors (Lipinski definition) is 0. The van der Waals surface area contributed by atoms with Gasteiger partial charge in [0.25, 0.3) is 0 Å². The molecule has 0 saturated carbocycles. The Morgan fingerprint density at radius 1 is 1.22 bits per heavy atom. The first-order valence-corrected chi connectivity index (χ1v) is 9.47. The van der Waals surface area contributed by atoms with E-state index in [1.807, 2.05) is 46.8 Å². The average molecular weight is 378 g/mol. The van der Waals surface area contributed by atoms with Crippen molar-refractivity contribution in [2.24, 2.45) is 11.8 Å². The first-order chi connectivity index (χ1) is 12.7. The highest BCUT2D eigenvalue weighted by molar-refractivity contribution is 5.91. The molecule has 6 heteroatoms. The van der Waals surface area contributed by atoms with E-state index < -0.39 is 18.0 Å².